The van der Waals surface area contributed by atoms with E-state index in [0.717, 1.165) is 83.0 Å². The van der Waals surface area contributed by atoms with Crippen LogP contribution >= 0.6 is 0 Å². The van der Waals surface area contributed by atoms with E-state index >= 15 is 0 Å². The fraction of sp³-hybridized carbons (Fsp3) is 0.424. The molecule has 0 spiro atoms. The number of hydrogen-bond donors (Lipinski definition) is 2. The summed E-state index contributed by atoms with van der Waals surface area (Å²) < 4.78 is 34.7. The standard InChI is InChI=1S/C27H36N4O2.C6H6O3S/c1-20-3-10-26(31-13-11-29(2)12-14-31)25-19-22(6-9-24(20)25)28-27(32)21-4-7-23(8-5-21)30-15-17-33-18-16-30;7-10(8,9)6-4-2-1-3-5-6/h3-5,7-8,10,22H,6,9,11-19H2,1-2H3,(H,28,32);1-5H,(H,7,8,9)/t22-;/m1./s1. The molecule has 230 valence electrons. The van der Waals surface area contributed by atoms with Crippen molar-refractivity contribution in [1.82, 2.24) is 10.2 Å². The number of hydrogen-bond acceptors (Lipinski definition) is 7. The number of benzene rings is 3. The van der Waals surface area contributed by atoms with E-state index in [4.69, 9.17) is 9.29 Å². The van der Waals surface area contributed by atoms with Crippen LogP contribution in [0.5, 0.6) is 0 Å². The summed E-state index contributed by atoms with van der Waals surface area (Å²) in [6, 6.07) is 20.2. The Bertz CT molecular complexity index is 1480. The molecule has 2 fully saturated rings. The van der Waals surface area contributed by atoms with Crippen LogP contribution in [0.1, 0.15) is 33.5 Å². The highest BCUT2D eigenvalue weighted by Gasteiger charge is 2.27. The maximum absolute atomic E-state index is 13.0. The molecule has 9 nitrogen and oxygen atoms in total. The van der Waals surface area contributed by atoms with E-state index in [1.165, 1.54) is 34.5 Å². The lowest BCUT2D eigenvalue weighted by Crippen LogP contribution is -2.45. The van der Waals surface area contributed by atoms with Crippen LogP contribution < -0.4 is 15.1 Å². The van der Waals surface area contributed by atoms with E-state index in [-0.39, 0.29) is 16.8 Å². The summed E-state index contributed by atoms with van der Waals surface area (Å²) in [5.74, 6) is 0.0331. The fourth-order valence-corrected chi connectivity index (χ4v) is 6.51. The third-order valence-electron chi connectivity index (χ3n) is 8.56. The van der Waals surface area contributed by atoms with Crippen molar-refractivity contribution in [1.29, 1.82) is 0 Å². The van der Waals surface area contributed by atoms with Gasteiger partial charge in [-0.25, -0.2) is 0 Å². The second kappa shape index (κ2) is 13.9. The Balaban J connectivity index is 0.000000314. The van der Waals surface area contributed by atoms with E-state index in [9.17, 15) is 13.2 Å². The number of carbonyl (C=O) groups excluding carboxylic acids is 1. The van der Waals surface area contributed by atoms with Crippen molar-refractivity contribution in [2.45, 2.75) is 37.1 Å². The molecule has 2 saturated heterocycles. The number of nitrogens with zero attached hydrogens (tertiary/aromatic N) is 3. The van der Waals surface area contributed by atoms with Gasteiger partial charge in [-0.05, 0) is 92.4 Å². The molecule has 6 rings (SSSR count). The van der Waals surface area contributed by atoms with Crippen LogP contribution in [-0.2, 0) is 27.7 Å². The van der Waals surface area contributed by atoms with Crippen molar-refractivity contribution in [3.8, 4) is 0 Å². The zero-order valence-corrected chi connectivity index (χ0v) is 25.9. The van der Waals surface area contributed by atoms with Gasteiger partial charge in [-0.3, -0.25) is 9.35 Å². The van der Waals surface area contributed by atoms with Gasteiger partial charge < -0.3 is 24.8 Å². The van der Waals surface area contributed by atoms with Crippen LogP contribution in [-0.4, -0.2) is 89.3 Å². The highest BCUT2D eigenvalue weighted by atomic mass is 32.2. The summed E-state index contributed by atoms with van der Waals surface area (Å²) >= 11 is 0. The number of ether oxygens (including phenoxy) is 1. The van der Waals surface area contributed by atoms with Gasteiger partial charge >= 0.3 is 0 Å². The minimum atomic E-state index is -4.00. The summed E-state index contributed by atoms with van der Waals surface area (Å²) in [4.78, 5) is 20.2. The van der Waals surface area contributed by atoms with E-state index in [0.29, 0.717) is 0 Å². The molecule has 3 aromatic carbocycles. The second-order valence-corrected chi connectivity index (χ2v) is 12.9. The first-order valence-corrected chi connectivity index (χ1v) is 16.4. The van der Waals surface area contributed by atoms with Gasteiger partial charge in [0.15, 0.2) is 0 Å². The molecule has 2 aliphatic heterocycles. The van der Waals surface area contributed by atoms with Crippen molar-refractivity contribution >= 4 is 27.4 Å². The molecule has 0 unspecified atom stereocenters. The van der Waals surface area contributed by atoms with Crippen LogP contribution in [0.15, 0.2) is 71.6 Å². The van der Waals surface area contributed by atoms with E-state index in [2.05, 4.69) is 58.3 Å². The van der Waals surface area contributed by atoms with Crippen molar-refractivity contribution in [3.63, 3.8) is 0 Å². The normalized spacial score (nSPS) is 19.2. The molecule has 43 heavy (non-hydrogen) atoms. The number of morpholine rings is 1. The largest absolute Gasteiger partial charge is 0.378 e. The minimum Gasteiger partial charge on any atom is -0.378 e. The minimum absolute atomic E-state index is 0.0331. The molecular formula is C33H42N4O5S. The van der Waals surface area contributed by atoms with Gasteiger partial charge in [0.05, 0.1) is 18.1 Å². The molecule has 0 aromatic heterocycles. The lowest BCUT2D eigenvalue weighted by atomic mass is 9.84. The highest BCUT2D eigenvalue weighted by molar-refractivity contribution is 7.85. The molecule has 0 bridgehead atoms. The Morgan fingerprint density at radius 1 is 0.860 bits per heavy atom. The number of rotatable bonds is 5. The predicted octanol–water partition coefficient (Wildman–Crippen LogP) is 3.80. The predicted molar refractivity (Wildman–Crippen MR) is 170 cm³/mol. The number of piperazine rings is 1. The zero-order valence-electron chi connectivity index (χ0n) is 25.0. The Morgan fingerprint density at radius 2 is 1.53 bits per heavy atom. The van der Waals surface area contributed by atoms with Crippen LogP contribution in [0.3, 0.4) is 0 Å². The van der Waals surface area contributed by atoms with Crippen LogP contribution in [0.25, 0.3) is 0 Å². The molecule has 2 heterocycles. The average molecular weight is 607 g/mol. The van der Waals surface area contributed by atoms with Gasteiger partial charge in [-0.2, -0.15) is 8.42 Å². The summed E-state index contributed by atoms with van der Waals surface area (Å²) in [6.45, 7) is 9.90. The molecular weight excluding hydrogens is 564 g/mol. The molecule has 3 aliphatic rings. The van der Waals surface area contributed by atoms with Crippen molar-refractivity contribution in [3.05, 3.63) is 89.0 Å². The Morgan fingerprint density at radius 3 is 2.16 bits per heavy atom. The van der Waals surface area contributed by atoms with Crippen LogP contribution in [0, 0.1) is 6.92 Å². The number of carbonyl (C=O) groups is 1. The molecule has 0 radical (unpaired) electrons. The molecule has 1 atom stereocenters. The molecule has 2 N–H and O–H groups in total. The van der Waals surface area contributed by atoms with Crippen molar-refractivity contribution in [2.75, 3.05) is 69.3 Å². The first-order valence-electron chi connectivity index (χ1n) is 15.0. The first kappa shape index (κ1) is 31.0. The number of anilines is 2. The second-order valence-electron chi connectivity index (χ2n) is 11.5. The van der Waals surface area contributed by atoms with E-state index < -0.39 is 10.1 Å². The summed E-state index contributed by atoms with van der Waals surface area (Å²) in [7, 11) is -1.81. The van der Waals surface area contributed by atoms with Gasteiger partial charge in [0, 0.05) is 62.2 Å². The zero-order chi connectivity index (χ0) is 30.4. The molecule has 0 saturated carbocycles. The first-order chi connectivity index (χ1) is 20.7. The quantitative estimate of drug-likeness (QED) is 0.423. The molecule has 10 heteroatoms. The molecule has 1 amide bonds. The Labute approximate surface area is 255 Å². The molecule has 3 aromatic rings. The average Bonchev–Trinajstić information content (AvgIpc) is 3.03. The third kappa shape index (κ3) is 7.94. The lowest BCUT2D eigenvalue weighted by Gasteiger charge is -2.37. The Hall–Kier alpha value is -3.44. The number of fused-ring (bicyclic) bond motifs is 1. The molecule has 1 aliphatic carbocycles. The number of amides is 1. The van der Waals surface area contributed by atoms with Gasteiger partial charge in [-0.15, -0.1) is 0 Å². The van der Waals surface area contributed by atoms with Crippen LogP contribution in [0.4, 0.5) is 11.4 Å². The smallest absolute Gasteiger partial charge is 0.294 e. The van der Waals surface area contributed by atoms with Crippen molar-refractivity contribution < 1.29 is 22.5 Å². The number of likely N-dealkylation sites (N-methyl/N-ethyl adjacent to an activating group) is 1. The summed E-state index contributed by atoms with van der Waals surface area (Å²) in [5, 5.41) is 3.33. The topological polar surface area (TPSA) is 102 Å². The Kier molecular flexibility index (Phi) is 10.0. The summed E-state index contributed by atoms with van der Waals surface area (Å²) in [5.41, 5.74) is 7.59. The van der Waals surface area contributed by atoms with Gasteiger partial charge in [-0.1, -0.05) is 24.3 Å². The number of nitrogens with one attached hydrogen (secondary N) is 1. The maximum Gasteiger partial charge on any atom is 0.294 e. The summed E-state index contributed by atoms with van der Waals surface area (Å²) in [6.07, 6.45) is 2.94. The van der Waals surface area contributed by atoms with Crippen molar-refractivity contribution in [2.24, 2.45) is 0 Å². The third-order valence-corrected chi connectivity index (χ3v) is 9.43. The van der Waals surface area contributed by atoms with Crippen LogP contribution in [0.2, 0.25) is 0 Å². The number of aryl methyl sites for hydroxylation is 1. The van der Waals surface area contributed by atoms with E-state index in [1.54, 1.807) is 18.2 Å². The SMILES string of the molecule is Cc1ccc(N2CCN(C)CC2)c2c1CC[C@@H](NC(=O)c1ccc(N3CCOCC3)cc1)C2.O=S(=O)(O)c1ccccc1. The van der Waals surface area contributed by atoms with Gasteiger partial charge in [0.25, 0.3) is 16.0 Å². The monoisotopic (exact) mass is 606 g/mol. The maximum atomic E-state index is 13.0. The highest BCUT2D eigenvalue weighted by Crippen LogP contribution is 2.33. The fourth-order valence-electron chi connectivity index (χ4n) is 6.01. The van der Waals surface area contributed by atoms with Gasteiger partial charge in [0.2, 0.25) is 0 Å². The van der Waals surface area contributed by atoms with Gasteiger partial charge in [0.1, 0.15) is 0 Å². The van der Waals surface area contributed by atoms with E-state index in [1.807, 2.05) is 12.1 Å². The lowest BCUT2D eigenvalue weighted by molar-refractivity contribution is 0.0933.